The molecule has 0 aliphatic heterocycles. The highest BCUT2D eigenvalue weighted by molar-refractivity contribution is 5.80. The highest BCUT2D eigenvalue weighted by atomic mass is 16.5. The number of carbonyl (C=O) groups excluding carboxylic acids is 1. The zero-order valence-electron chi connectivity index (χ0n) is 12.5. The van der Waals surface area contributed by atoms with Crippen LogP contribution in [0.25, 0.3) is 0 Å². The molecule has 1 aromatic carbocycles. The number of likely N-dealkylation sites (N-methyl/N-ethyl adjacent to an activating group) is 1. The average molecular weight is 285 g/mol. The van der Waals surface area contributed by atoms with Crippen LogP contribution >= 0.6 is 0 Å². The van der Waals surface area contributed by atoms with Crippen LogP contribution in [-0.4, -0.2) is 30.0 Å². The first-order valence-corrected chi connectivity index (χ1v) is 6.87. The van der Waals surface area contributed by atoms with Crippen molar-refractivity contribution in [2.75, 3.05) is 13.1 Å². The van der Waals surface area contributed by atoms with Gasteiger partial charge in [-0.25, -0.2) is 0 Å². The van der Waals surface area contributed by atoms with E-state index in [1.807, 2.05) is 13.0 Å². The number of carbonyl (C=O) groups is 1. The van der Waals surface area contributed by atoms with Crippen molar-refractivity contribution >= 4 is 5.91 Å². The predicted molar refractivity (Wildman–Crippen MR) is 78.3 cm³/mol. The second kappa shape index (κ2) is 7.91. The van der Waals surface area contributed by atoms with Crippen molar-refractivity contribution in [3.05, 3.63) is 29.8 Å². The van der Waals surface area contributed by atoms with E-state index >= 15 is 0 Å². The van der Waals surface area contributed by atoms with Crippen molar-refractivity contribution in [2.24, 2.45) is 5.92 Å². The van der Waals surface area contributed by atoms with Gasteiger partial charge in [0.2, 0.25) is 0 Å². The molecule has 21 heavy (non-hydrogen) atoms. The third-order valence-electron chi connectivity index (χ3n) is 3.05. The SMILES string of the molecule is CCN(C[C@@H](C)C#N)C(=O)[C@H](C)Oc1ccc(C#N)cc1. The molecule has 0 aliphatic rings. The van der Waals surface area contributed by atoms with E-state index in [9.17, 15) is 4.79 Å². The minimum absolute atomic E-state index is 0.149. The molecule has 1 rings (SSSR count). The monoisotopic (exact) mass is 285 g/mol. The Kier molecular flexibility index (Phi) is 6.23. The first kappa shape index (κ1) is 16.5. The van der Waals surface area contributed by atoms with E-state index in [-0.39, 0.29) is 11.8 Å². The molecule has 0 heterocycles. The molecule has 0 saturated carbocycles. The Hall–Kier alpha value is -2.53. The molecule has 0 bridgehead atoms. The highest BCUT2D eigenvalue weighted by Crippen LogP contribution is 2.14. The molecular weight excluding hydrogens is 266 g/mol. The summed E-state index contributed by atoms with van der Waals surface area (Å²) in [5.41, 5.74) is 0.541. The Bertz CT molecular complexity index is 554. The Labute approximate surface area is 125 Å². The number of nitriles is 2. The third-order valence-corrected chi connectivity index (χ3v) is 3.05. The molecule has 5 nitrogen and oxygen atoms in total. The summed E-state index contributed by atoms with van der Waals surface area (Å²) in [5, 5.41) is 17.6. The molecule has 0 aliphatic carbocycles. The molecular formula is C16H19N3O2. The minimum Gasteiger partial charge on any atom is -0.481 e. The van der Waals surface area contributed by atoms with Crippen molar-refractivity contribution in [1.82, 2.24) is 4.90 Å². The number of amides is 1. The lowest BCUT2D eigenvalue weighted by Crippen LogP contribution is -2.42. The predicted octanol–water partition coefficient (Wildman–Crippen LogP) is 2.33. The van der Waals surface area contributed by atoms with Crippen LogP contribution in [0, 0.1) is 28.6 Å². The molecule has 0 saturated heterocycles. The van der Waals surface area contributed by atoms with Gasteiger partial charge >= 0.3 is 0 Å². The number of hydrogen-bond acceptors (Lipinski definition) is 4. The van der Waals surface area contributed by atoms with E-state index in [0.29, 0.717) is 24.4 Å². The fourth-order valence-electron chi connectivity index (χ4n) is 1.87. The van der Waals surface area contributed by atoms with Gasteiger partial charge in [0.25, 0.3) is 5.91 Å². The molecule has 0 aromatic heterocycles. The second-order valence-corrected chi connectivity index (χ2v) is 4.80. The van der Waals surface area contributed by atoms with Crippen LogP contribution in [0.15, 0.2) is 24.3 Å². The van der Waals surface area contributed by atoms with Crippen LogP contribution in [0.4, 0.5) is 0 Å². The maximum absolute atomic E-state index is 12.3. The lowest BCUT2D eigenvalue weighted by atomic mass is 10.2. The normalized spacial score (nSPS) is 12.6. The molecule has 2 atom stereocenters. The largest absolute Gasteiger partial charge is 0.481 e. The second-order valence-electron chi connectivity index (χ2n) is 4.80. The number of ether oxygens (including phenoxy) is 1. The Morgan fingerprint density at radius 3 is 2.38 bits per heavy atom. The summed E-state index contributed by atoms with van der Waals surface area (Å²) in [6, 6.07) is 10.8. The standard InChI is InChI=1S/C16H19N3O2/c1-4-19(11-12(2)9-17)16(20)13(3)21-15-7-5-14(10-18)6-8-15/h5-8,12-13H,4,11H2,1-3H3/t12-,13-/m0/s1. The zero-order valence-corrected chi connectivity index (χ0v) is 12.5. The number of hydrogen-bond donors (Lipinski definition) is 0. The van der Waals surface area contributed by atoms with Crippen molar-refractivity contribution in [2.45, 2.75) is 26.9 Å². The van der Waals surface area contributed by atoms with Gasteiger partial charge in [0, 0.05) is 13.1 Å². The summed E-state index contributed by atoms with van der Waals surface area (Å²) >= 11 is 0. The van der Waals surface area contributed by atoms with Gasteiger partial charge in [0.05, 0.1) is 23.6 Å². The van der Waals surface area contributed by atoms with Gasteiger partial charge in [-0.3, -0.25) is 4.79 Å². The van der Waals surface area contributed by atoms with E-state index in [1.165, 1.54) is 0 Å². The minimum atomic E-state index is -0.635. The van der Waals surface area contributed by atoms with Gasteiger partial charge < -0.3 is 9.64 Å². The summed E-state index contributed by atoms with van der Waals surface area (Å²) in [5.74, 6) is 0.180. The van der Waals surface area contributed by atoms with Crippen LogP contribution in [0.5, 0.6) is 5.75 Å². The first-order valence-electron chi connectivity index (χ1n) is 6.87. The van der Waals surface area contributed by atoms with E-state index < -0.39 is 6.10 Å². The highest BCUT2D eigenvalue weighted by Gasteiger charge is 2.22. The molecule has 110 valence electrons. The Morgan fingerprint density at radius 1 is 1.29 bits per heavy atom. The van der Waals surface area contributed by atoms with E-state index in [0.717, 1.165) is 0 Å². The van der Waals surface area contributed by atoms with Crippen LogP contribution in [0.2, 0.25) is 0 Å². The third kappa shape index (κ3) is 4.81. The lowest BCUT2D eigenvalue weighted by molar-refractivity contribution is -0.138. The van der Waals surface area contributed by atoms with Crippen LogP contribution < -0.4 is 4.74 Å². The Morgan fingerprint density at radius 2 is 1.90 bits per heavy atom. The molecule has 0 fully saturated rings. The van der Waals surface area contributed by atoms with Crippen molar-refractivity contribution in [1.29, 1.82) is 10.5 Å². The quantitative estimate of drug-likeness (QED) is 0.803. The van der Waals surface area contributed by atoms with Gasteiger partial charge in [-0.2, -0.15) is 10.5 Å². The van der Waals surface area contributed by atoms with Gasteiger partial charge in [-0.05, 0) is 45.0 Å². The summed E-state index contributed by atoms with van der Waals surface area (Å²) in [6.07, 6.45) is -0.635. The average Bonchev–Trinajstić information content (AvgIpc) is 2.52. The number of rotatable bonds is 6. The fourth-order valence-corrected chi connectivity index (χ4v) is 1.87. The maximum atomic E-state index is 12.3. The van der Waals surface area contributed by atoms with Gasteiger partial charge in [0.15, 0.2) is 6.10 Å². The van der Waals surface area contributed by atoms with Crippen molar-refractivity contribution < 1.29 is 9.53 Å². The summed E-state index contributed by atoms with van der Waals surface area (Å²) in [6.45, 7) is 6.26. The number of nitrogens with zero attached hydrogens (tertiary/aromatic N) is 3. The molecule has 1 amide bonds. The summed E-state index contributed by atoms with van der Waals surface area (Å²) in [4.78, 5) is 13.9. The molecule has 1 aromatic rings. The number of benzene rings is 1. The van der Waals surface area contributed by atoms with E-state index in [1.54, 1.807) is 43.0 Å². The van der Waals surface area contributed by atoms with Crippen LogP contribution in [-0.2, 0) is 4.79 Å². The van der Waals surface area contributed by atoms with Crippen LogP contribution in [0.1, 0.15) is 26.3 Å². The molecule has 0 unspecified atom stereocenters. The molecule has 5 heteroatoms. The van der Waals surface area contributed by atoms with Gasteiger partial charge in [0.1, 0.15) is 5.75 Å². The van der Waals surface area contributed by atoms with Crippen LogP contribution in [0.3, 0.4) is 0 Å². The van der Waals surface area contributed by atoms with E-state index in [4.69, 9.17) is 15.3 Å². The lowest BCUT2D eigenvalue weighted by Gasteiger charge is -2.25. The Balaban J connectivity index is 2.68. The zero-order chi connectivity index (χ0) is 15.8. The van der Waals surface area contributed by atoms with Gasteiger partial charge in [-0.1, -0.05) is 0 Å². The first-order chi connectivity index (χ1) is 10.0. The van der Waals surface area contributed by atoms with Crippen molar-refractivity contribution in [3.63, 3.8) is 0 Å². The molecule has 0 N–H and O–H groups in total. The molecule has 0 radical (unpaired) electrons. The molecule has 0 spiro atoms. The maximum Gasteiger partial charge on any atom is 0.263 e. The van der Waals surface area contributed by atoms with E-state index in [2.05, 4.69) is 6.07 Å². The summed E-state index contributed by atoms with van der Waals surface area (Å²) < 4.78 is 5.59. The van der Waals surface area contributed by atoms with Crippen molar-refractivity contribution in [3.8, 4) is 17.9 Å². The summed E-state index contributed by atoms with van der Waals surface area (Å²) in [7, 11) is 0. The topological polar surface area (TPSA) is 77.1 Å². The van der Waals surface area contributed by atoms with Gasteiger partial charge in [-0.15, -0.1) is 0 Å². The fraction of sp³-hybridized carbons (Fsp3) is 0.438. The smallest absolute Gasteiger partial charge is 0.263 e.